The zero-order valence-corrected chi connectivity index (χ0v) is 19.9. The van der Waals surface area contributed by atoms with Crippen molar-refractivity contribution in [1.29, 1.82) is 0 Å². The Morgan fingerprint density at radius 2 is 1.72 bits per heavy atom. The van der Waals surface area contributed by atoms with Crippen LogP contribution in [0.3, 0.4) is 0 Å². The van der Waals surface area contributed by atoms with Crippen molar-refractivity contribution in [3.05, 3.63) is 94.0 Å². The maximum absolute atomic E-state index is 13.1. The molecular formula is C26H27BrN2O3. The van der Waals surface area contributed by atoms with Crippen LogP contribution < -0.4 is 10.1 Å². The van der Waals surface area contributed by atoms with Gasteiger partial charge in [0.1, 0.15) is 5.75 Å². The third-order valence-electron chi connectivity index (χ3n) is 4.96. The van der Waals surface area contributed by atoms with E-state index in [0.717, 1.165) is 18.4 Å². The number of carbonyl (C=O) groups excluding carboxylic acids is 2. The largest absolute Gasteiger partial charge is 0.492 e. The first-order chi connectivity index (χ1) is 15.5. The van der Waals surface area contributed by atoms with Crippen molar-refractivity contribution in [3.63, 3.8) is 0 Å². The summed E-state index contributed by atoms with van der Waals surface area (Å²) < 4.78 is 6.44. The van der Waals surface area contributed by atoms with Crippen molar-refractivity contribution in [2.45, 2.75) is 26.3 Å². The van der Waals surface area contributed by atoms with Gasteiger partial charge in [-0.15, -0.1) is 0 Å². The highest BCUT2D eigenvalue weighted by atomic mass is 79.9. The van der Waals surface area contributed by atoms with Crippen LogP contribution in [0.25, 0.3) is 0 Å². The SMILES string of the molecule is CCCCOc1ccc(C(=O)Nc2ccccc2C(=O)N(C)Cc2ccccc2)cc1Br. The highest BCUT2D eigenvalue weighted by Gasteiger charge is 2.18. The standard InChI is InChI=1S/C26H27BrN2O3/c1-3-4-16-32-24-15-14-20(17-22(24)27)25(30)28-23-13-9-8-12-21(23)26(31)29(2)18-19-10-6-5-7-11-19/h5-15,17H,3-4,16,18H2,1-2H3,(H,28,30). The number of nitrogens with one attached hydrogen (secondary N) is 1. The average molecular weight is 495 g/mol. The number of hydrogen-bond donors (Lipinski definition) is 1. The summed E-state index contributed by atoms with van der Waals surface area (Å²) in [7, 11) is 1.75. The maximum atomic E-state index is 13.1. The molecule has 0 radical (unpaired) electrons. The van der Waals surface area contributed by atoms with Crippen LogP contribution >= 0.6 is 15.9 Å². The summed E-state index contributed by atoms with van der Waals surface area (Å²) in [4.78, 5) is 27.6. The number of benzene rings is 3. The quantitative estimate of drug-likeness (QED) is 0.362. The number of amides is 2. The molecule has 0 aliphatic heterocycles. The molecule has 0 unspecified atom stereocenters. The van der Waals surface area contributed by atoms with Crippen LogP contribution in [0.4, 0.5) is 5.69 Å². The lowest BCUT2D eigenvalue weighted by Gasteiger charge is -2.19. The zero-order valence-electron chi connectivity index (χ0n) is 18.3. The van der Waals surface area contributed by atoms with Crippen LogP contribution in [-0.4, -0.2) is 30.4 Å². The van der Waals surface area contributed by atoms with E-state index in [1.807, 2.05) is 30.3 Å². The lowest BCUT2D eigenvalue weighted by atomic mass is 10.1. The molecule has 6 heteroatoms. The Labute approximate surface area is 197 Å². The number of unbranched alkanes of at least 4 members (excludes halogenated alkanes) is 1. The van der Waals surface area contributed by atoms with Crippen molar-refractivity contribution < 1.29 is 14.3 Å². The number of ether oxygens (including phenoxy) is 1. The van der Waals surface area contributed by atoms with Crippen LogP contribution in [0.5, 0.6) is 5.75 Å². The molecule has 166 valence electrons. The van der Waals surface area contributed by atoms with Gasteiger partial charge in [0, 0.05) is 19.2 Å². The number of carbonyl (C=O) groups is 2. The van der Waals surface area contributed by atoms with Gasteiger partial charge in [0.05, 0.1) is 22.3 Å². The van der Waals surface area contributed by atoms with Crippen LogP contribution in [0.15, 0.2) is 77.3 Å². The predicted octanol–water partition coefficient (Wildman–Crippen LogP) is 6.15. The fraction of sp³-hybridized carbons (Fsp3) is 0.231. The zero-order chi connectivity index (χ0) is 22.9. The van der Waals surface area contributed by atoms with Crippen LogP contribution in [-0.2, 0) is 6.54 Å². The molecule has 0 aromatic heterocycles. The second-order valence-corrected chi connectivity index (χ2v) is 8.35. The fourth-order valence-corrected chi connectivity index (χ4v) is 3.69. The van der Waals surface area contributed by atoms with Gasteiger partial charge in [-0.3, -0.25) is 9.59 Å². The fourth-order valence-electron chi connectivity index (χ4n) is 3.19. The minimum absolute atomic E-state index is 0.161. The summed E-state index contributed by atoms with van der Waals surface area (Å²) in [6, 6.07) is 22.0. The first-order valence-corrected chi connectivity index (χ1v) is 11.4. The second kappa shape index (κ2) is 11.5. The topological polar surface area (TPSA) is 58.6 Å². The molecule has 0 saturated carbocycles. The number of nitrogens with zero attached hydrogens (tertiary/aromatic N) is 1. The first-order valence-electron chi connectivity index (χ1n) is 10.6. The Hall–Kier alpha value is -3.12. The Bertz CT molecular complexity index is 1070. The van der Waals surface area contributed by atoms with Gasteiger partial charge in [-0.05, 0) is 58.2 Å². The van der Waals surface area contributed by atoms with E-state index < -0.39 is 0 Å². The molecule has 0 aliphatic carbocycles. The molecule has 3 aromatic rings. The minimum Gasteiger partial charge on any atom is -0.492 e. The third-order valence-corrected chi connectivity index (χ3v) is 5.58. The summed E-state index contributed by atoms with van der Waals surface area (Å²) in [5, 5.41) is 2.88. The normalized spacial score (nSPS) is 10.5. The van der Waals surface area contributed by atoms with Gasteiger partial charge in [-0.2, -0.15) is 0 Å². The number of anilines is 1. The van der Waals surface area contributed by atoms with Crippen LogP contribution in [0.2, 0.25) is 0 Å². The molecule has 1 N–H and O–H groups in total. The Balaban J connectivity index is 1.72. The predicted molar refractivity (Wildman–Crippen MR) is 131 cm³/mol. The molecule has 32 heavy (non-hydrogen) atoms. The van der Waals surface area contributed by atoms with Crippen molar-refractivity contribution in [2.75, 3.05) is 19.0 Å². The number of rotatable bonds is 9. The van der Waals surface area contributed by atoms with E-state index >= 15 is 0 Å². The van der Waals surface area contributed by atoms with Gasteiger partial charge in [0.2, 0.25) is 0 Å². The molecule has 2 amide bonds. The molecule has 0 spiro atoms. The van der Waals surface area contributed by atoms with Crippen LogP contribution in [0.1, 0.15) is 46.0 Å². The Kier molecular flexibility index (Phi) is 8.45. The Morgan fingerprint density at radius 3 is 2.44 bits per heavy atom. The van der Waals surface area contributed by atoms with E-state index in [1.165, 1.54) is 0 Å². The second-order valence-electron chi connectivity index (χ2n) is 7.49. The number of halogens is 1. The molecule has 0 atom stereocenters. The van der Waals surface area contributed by atoms with Gasteiger partial charge >= 0.3 is 0 Å². The van der Waals surface area contributed by atoms with Crippen molar-refractivity contribution in [1.82, 2.24) is 4.90 Å². The monoisotopic (exact) mass is 494 g/mol. The summed E-state index contributed by atoms with van der Waals surface area (Å²) in [5.41, 5.74) is 2.43. The van der Waals surface area contributed by atoms with E-state index in [4.69, 9.17) is 4.74 Å². The Morgan fingerprint density at radius 1 is 1.00 bits per heavy atom. The third kappa shape index (κ3) is 6.20. The molecule has 0 saturated heterocycles. The minimum atomic E-state index is -0.295. The van der Waals surface area contributed by atoms with E-state index in [1.54, 1.807) is 54.4 Å². The lowest BCUT2D eigenvalue weighted by molar-refractivity contribution is 0.0786. The first kappa shape index (κ1) is 23.5. The molecule has 3 rings (SSSR count). The van der Waals surface area contributed by atoms with E-state index in [2.05, 4.69) is 28.2 Å². The van der Waals surface area contributed by atoms with E-state index in [-0.39, 0.29) is 11.8 Å². The van der Waals surface area contributed by atoms with Gasteiger partial charge in [0.25, 0.3) is 11.8 Å². The maximum Gasteiger partial charge on any atom is 0.256 e. The van der Waals surface area contributed by atoms with Gasteiger partial charge in [-0.25, -0.2) is 0 Å². The molecule has 0 heterocycles. The summed E-state index contributed by atoms with van der Waals surface area (Å²) in [5.74, 6) is 0.246. The van der Waals surface area contributed by atoms with Crippen LogP contribution in [0, 0.1) is 0 Å². The van der Waals surface area contributed by atoms with Crippen molar-refractivity contribution in [2.24, 2.45) is 0 Å². The number of hydrogen-bond acceptors (Lipinski definition) is 3. The van der Waals surface area contributed by atoms with Crippen molar-refractivity contribution in [3.8, 4) is 5.75 Å². The van der Waals surface area contributed by atoms with Gasteiger partial charge in [0.15, 0.2) is 0 Å². The summed E-state index contributed by atoms with van der Waals surface area (Å²) >= 11 is 3.48. The van der Waals surface area contributed by atoms with Gasteiger partial charge in [-0.1, -0.05) is 55.8 Å². The lowest BCUT2D eigenvalue weighted by Crippen LogP contribution is -2.27. The summed E-state index contributed by atoms with van der Waals surface area (Å²) in [6.07, 6.45) is 2.02. The van der Waals surface area contributed by atoms with Gasteiger partial charge < -0.3 is 15.0 Å². The highest BCUT2D eigenvalue weighted by Crippen LogP contribution is 2.27. The summed E-state index contributed by atoms with van der Waals surface area (Å²) in [6.45, 7) is 3.22. The molecule has 3 aromatic carbocycles. The molecule has 0 aliphatic rings. The number of para-hydroxylation sites is 1. The smallest absolute Gasteiger partial charge is 0.256 e. The average Bonchev–Trinajstić information content (AvgIpc) is 2.80. The molecule has 0 fully saturated rings. The molecule has 5 nitrogen and oxygen atoms in total. The van der Waals surface area contributed by atoms with E-state index in [0.29, 0.717) is 40.2 Å². The van der Waals surface area contributed by atoms with E-state index in [9.17, 15) is 9.59 Å². The van der Waals surface area contributed by atoms with Crippen molar-refractivity contribution >= 4 is 33.4 Å². The molecular weight excluding hydrogens is 468 g/mol. The highest BCUT2D eigenvalue weighted by molar-refractivity contribution is 9.10. The molecule has 0 bridgehead atoms.